The first kappa shape index (κ1) is 54.7. The van der Waals surface area contributed by atoms with Crippen molar-refractivity contribution in [1.82, 2.24) is 40.4 Å². The SMILES string of the molecule is Cc1ncsc1-c1ccc([C@H](C)NC(=O)[C@@H]2C[C@@H](O)CN2C(=O)[C@H](c2cc(N3CCCC(CN4CCC(OC5CC(Oc6cc(N7C8CC[C@@H]7CN(c7cc(-c9ccccc9O)nnc7N)C8)ccn6)C5)CC4)C3)no2)C(C)C)cc1. The van der Waals surface area contributed by atoms with Crippen molar-refractivity contribution in [3.8, 4) is 33.3 Å². The summed E-state index contributed by atoms with van der Waals surface area (Å²) in [4.78, 5) is 49.7. The van der Waals surface area contributed by atoms with Crippen LogP contribution in [0.15, 0.2) is 89.0 Å². The predicted molar refractivity (Wildman–Crippen MR) is 311 cm³/mol. The van der Waals surface area contributed by atoms with Crippen molar-refractivity contribution < 1.29 is 33.8 Å². The first-order chi connectivity index (χ1) is 39.3. The van der Waals surface area contributed by atoms with Gasteiger partial charge in [0.05, 0.1) is 51.8 Å². The van der Waals surface area contributed by atoms with Crippen molar-refractivity contribution in [1.29, 1.82) is 0 Å². The molecule has 4 aromatic heterocycles. The summed E-state index contributed by atoms with van der Waals surface area (Å²) in [6.45, 7) is 14.3. The number of aliphatic hydroxyl groups excluding tert-OH is 1. The molecule has 2 aromatic carbocycles. The van der Waals surface area contributed by atoms with Crippen LogP contribution in [0.1, 0.15) is 108 Å². The summed E-state index contributed by atoms with van der Waals surface area (Å²) in [6, 6.07) is 22.8. The number of piperidine rings is 2. The van der Waals surface area contributed by atoms with E-state index < -0.39 is 18.1 Å². The van der Waals surface area contributed by atoms with Gasteiger partial charge in [0.1, 0.15) is 23.8 Å². The van der Waals surface area contributed by atoms with Crippen molar-refractivity contribution in [3.05, 3.63) is 102 Å². The number of carbonyl (C=O) groups is 2. The molecule has 9 heterocycles. The normalized spacial score (nSPS) is 25.0. The molecule has 81 heavy (non-hydrogen) atoms. The minimum atomic E-state index is -0.807. The molecule has 12 rings (SSSR count). The average molecular weight is 1120 g/mol. The van der Waals surface area contributed by atoms with Crippen molar-refractivity contribution in [2.75, 3.05) is 72.8 Å². The number of fused-ring (bicyclic) bond motifs is 2. The molecule has 2 unspecified atom stereocenters. The van der Waals surface area contributed by atoms with Crippen LogP contribution in [-0.4, -0.2) is 152 Å². The van der Waals surface area contributed by atoms with E-state index in [0.717, 1.165) is 136 Å². The van der Waals surface area contributed by atoms with Gasteiger partial charge in [-0.15, -0.1) is 21.5 Å². The third-order valence-electron chi connectivity index (χ3n) is 17.8. The molecule has 7 atom stereocenters. The molecule has 0 radical (unpaired) electrons. The van der Waals surface area contributed by atoms with Crippen LogP contribution in [0.25, 0.3) is 21.7 Å². The van der Waals surface area contributed by atoms with E-state index in [4.69, 9.17) is 19.7 Å². The van der Waals surface area contributed by atoms with E-state index >= 15 is 0 Å². The number of nitrogens with zero attached hydrogens (tertiary/aromatic N) is 10. The molecule has 5 saturated heterocycles. The number of phenols is 1. The van der Waals surface area contributed by atoms with Crippen molar-refractivity contribution in [2.45, 2.75) is 140 Å². The molecule has 5 N–H and O–H groups in total. The molecule has 0 spiro atoms. The van der Waals surface area contributed by atoms with Gasteiger partial charge in [0.2, 0.25) is 17.7 Å². The van der Waals surface area contributed by atoms with Crippen molar-refractivity contribution in [2.24, 2.45) is 11.8 Å². The molecule has 6 fully saturated rings. The van der Waals surface area contributed by atoms with Crippen LogP contribution in [0.3, 0.4) is 0 Å². The van der Waals surface area contributed by atoms with Crippen molar-refractivity contribution >= 4 is 46.2 Å². The number of pyridine rings is 1. The summed E-state index contributed by atoms with van der Waals surface area (Å²) < 4.78 is 19.1. The molecule has 428 valence electrons. The summed E-state index contributed by atoms with van der Waals surface area (Å²) in [5.74, 6) is 1.58. The van der Waals surface area contributed by atoms with Gasteiger partial charge in [0, 0.05) is 113 Å². The number of piperazine rings is 1. The summed E-state index contributed by atoms with van der Waals surface area (Å²) in [5.41, 5.74) is 14.5. The van der Waals surface area contributed by atoms with Gasteiger partial charge < -0.3 is 59.8 Å². The zero-order valence-corrected chi connectivity index (χ0v) is 47.7. The molecule has 2 bridgehead atoms. The van der Waals surface area contributed by atoms with Crippen LogP contribution >= 0.6 is 11.3 Å². The topological polar surface area (TPSA) is 225 Å². The molecule has 2 amide bonds. The van der Waals surface area contributed by atoms with E-state index in [9.17, 15) is 19.8 Å². The average Bonchev–Trinajstić information content (AvgIpc) is 4.31. The first-order valence-corrected chi connectivity index (χ1v) is 30.1. The zero-order chi connectivity index (χ0) is 55.9. The number of phenolic OH excluding ortho intramolecular Hbond substituents is 1. The molecule has 5 aliphatic heterocycles. The van der Waals surface area contributed by atoms with Crippen LogP contribution < -0.4 is 30.5 Å². The number of ether oxygens (including phenoxy) is 2. The van der Waals surface area contributed by atoms with E-state index in [1.807, 2.05) is 87.9 Å². The zero-order valence-electron chi connectivity index (χ0n) is 46.8. The highest BCUT2D eigenvalue weighted by Gasteiger charge is 2.45. The number of carbonyl (C=O) groups excluding carboxylic acids is 2. The number of anilines is 4. The fourth-order valence-corrected chi connectivity index (χ4v) is 14.3. The Hall–Kier alpha value is -6.87. The quantitative estimate of drug-likeness (QED) is 0.0679. The Morgan fingerprint density at radius 1 is 0.852 bits per heavy atom. The van der Waals surface area contributed by atoms with E-state index in [1.54, 1.807) is 28.4 Å². The van der Waals surface area contributed by atoms with Gasteiger partial charge in [-0.1, -0.05) is 55.4 Å². The van der Waals surface area contributed by atoms with Crippen LogP contribution in [-0.2, 0) is 14.3 Å². The Morgan fingerprint density at radius 3 is 2.37 bits per heavy atom. The fourth-order valence-electron chi connectivity index (χ4n) is 13.5. The minimum absolute atomic E-state index is 0.0766. The fraction of sp³-hybridized carbons (Fsp3) is 0.525. The summed E-state index contributed by atoms with van der Waals surface area (Å²) in [6.07, 6.45) is 9.81. The number of aromatic hydroxyl groups is 1. The third kappa shape index (κ3) is 11.8. The number of para-hydroxylation sites is 1. The molecule has 19 nitrogen and oxygen atoms in total. The number of hydrogen-bond acceptors (Lipinski definition) is 18. The molecule has 1 saturated carbocycles. The number of aromatic nitrogens is 5. The van der Waals surface area contributed by atoms with Gasteiger partial charge in [0.15, 0.2) is 17.4 Å². The number of aliphatic hydroxyl groups is 1. The second-order valence-corrected chi connectivity index (χ2v) is 24.7. The van der Waals surface area contributed by atoms with Gasteiger partial charge in [-0.3, -0.25) is 9.59 Å². The first-order valence-electron chi connectivity index (χ1n) is 29.2. The van der Waals surface area contributed by atoms with Crippen LogP contribution in [0.4, 0.5) is 23.0 Å². The van der Waals surface area contributed by atoms with Gasteiger partial charge in [-0.05, 0) is 99.6 Å². The molecule has 1 aliphatic carbocycles. The lowest BCUT2D eigenvalue weighted by Crippen LogP contribution is -2.54. The second-order valence-electron chi connectivity index (χ2n) is 23.8. The maximum absolute atomic E-state index is 14.5. The highest BCUT2D eigenvalue weighted by atomic mass is 32.1. The van der Waals surface area contributed by atoms with E-state index in [0.29, 0.717) is 46.7 Å². The number of aryl methyl sites for hydroxylation is 1. The smallest absolute Gasteiger partial charge is 0.243 e. The lowest BCUT2D eigenvalue weighted by Gasteiger charge is -2.43. The predicted octanol–water partition coefficient (Wildman–Crippen LogP) is 7.99. The van der Waals surface area contributed by atoms with Crippen molar-refractivity contribution in [3.63, 3.8) is 0 Å². The lowest BCUT2D eigenvalue weighted by atomic mass is 9.91. The number of nitrogens with two attached hydrogens (primary N) is 1. The Kier molecular flexibility index (Phi) is 15.9. The minimum Gasteiger partial charge on any atom is -0.507 e. The third-order valence-corrected chi connectivity index (χ3v) is 18.8. The monoisotopic (exact) mass is 1120 g/mol. The summed E-state index contributed by atoms with van der Waals surface area (Å²) >= 11 is 1.60. The van der Waals surface area contributed by atoms with Gasteiger partial charge in [0.25, 0.3) is 0 Å². The van der Waals surface area contributed by atoms with Gasteiger partial charge in [-0.25, -0.2) is 9.97 Å². The number of likely N-dealkylation sites (tertiary alicyclic amines) is 2. The number of β-amino-alcohol motifs (C(OH)–C–C–N with tert-alkyl or cyclic N) is 1. The Morgan fingerprint density at radius 2 is 1.63 bits per heavy atom. The second kappa shape index (κ2) is 23.5. The number of thiazole rings is 1. The number of nitrogens with one attached hydrogen (secondary N) is 1. The highest BCUT2D eigenvalue weighted by Crippen LogP contribution is 2.41. The maximum atomic E-state index is 14.5. The summed E-state index contributed by atoms with van der Waals surface area (Å²) in [7, 11) is 0. The number of amides is 2. The molecule has 6 aliphatic rings. The maximum Gasteiger partial charge on any atom is 0.243 e. The Labute approximate surface area is 477 Å². The number of hydrogen-bond donors (Lipinski definition) is 4. The molecule has 6 aromatic rings. The molecular weight excluding hydrogens is 1040 g/mol. The molecule has 20 heteroatoms. The van der Waals surface area contributed by atoms with Gasteiger partial charge >= 0.3 is 0 Å². The molecular formula is C61H76N12O7S. The van der Waals surface area contributed by atoms with Gasteiger partial charge in [-0.2, -0.15) is 0 Å². The Balaban J connectivity index is 0.582. The van der Waals surface area contributed by atoms with E-state index in [1.165, 1.54) is 0 Å². The number of benzene rings is 2. The van der Waals surface area contributed by atoms with E-state index in [-0.39, 0.29) is 60.8 Å². The van der Waals surface area contributed by atoms with E-state index in [2.05, 4.69) is 62.4 Å². The number of nitrogen functional groups attached to an aromatic ring is 1. The van der Waals surface area contributed by atoms with Crippen LogP contribution in [0.5, 0.6) is 11.6 Å². The standard InChI is InChI=1S/C61H76N12O7S/c1-36(2)57(61(77)72-34-45(74)25-52(72)60(76)65-37(3)40-11-13-41(14-12-40)58-38(4)64-35-81-58)54-29-55(68-80-54)70-21-7-8-39(31-70)30-69-22-18-46(19-23-69)78-47-26-48(27-47)79-56-24-42(17-20-63-56)73-43-15-16-44(73)33-71(32-43)51-28-50(66-67-59(51)62)49-9-5-6-10-53(49)75/h5-6,9-14,17,20,24,28-29,35-37,39,43-48,52,57,74-75H,7-8,15-16,18-19,21-23,25-27,30-34H2,1-4H3,(H2,62,67)(H,65,76)/t37-,39?,43+,44?,45+,47?,48?,52-,57-/m0/s1. The Bertz CT molecular complexity index is 3150. The lowest BCUT2D eigenvalue weighted by molar-refractivity contribution is -0.141. The summed E-state index contributed by atoms with van der Waals surface area (Å²) in [5, 5.41) is 37.5. The largest absolute Gasteiger partial charge is 0.507 e. The number of rotatable bonds is 17. The van der Waals surface area contributed by atoms with Crippen LogP contribution in [0, 0.1) is 18.8 Å². The van der Waals surface area contributed by atoms with Crippen LogP contribution in [0.2, 0.25) is 0 Å². The highest BCUT2D eigenvalue weighted by molar-refractivity contribution is 7.13.